The van der Waals surface area contributed by atoms with Crippen LogP contribution in [0.5, 0.6) is 0 Å². The van der Waals surface area contributed by atoms with Crippen molar-refractivity contribution in [1.29, 1.82) is 0 Å². The summed E-state index contributed by atoms with van der Waals surface area (Å²) in [5.74, 6) is 3.62. The molecule has 2 fully saturated rings. The molecule has 0 spiro atoms. The minimum Gasteiger partial charge on any atom is -0.382 e. The van der Waals surface area contributed by atoms with Gasteiger partial charge in [0.25, 0.3) is 0 Å². The minimum atomic E-state index is 0.395. The van der Waals surface area contributed by atoms with Crippen molar-refractivity contribution >= 4 is 22.2 Å². The van der Waals surface area contributed by atoms with Crippen LogP contribution in [0.1, 0.15) is 43.3 Å². The molecule has 214 valence electrons. The van der Waals surface area contributed by atoms with E-state index in [4.69, 9.17) is 15.7 Å². The highest BCUT2D eigenvalue weighted by Gasteiger charge is 2.38. The number of hydrogen-bond acceptors (Lipinski definition) is 7. The third-order valence-electron chi connectivity index (χ3n) is 9.38. The number of nitrogens with two attached hydrogens (primary N) is 1. The maximum atomic E-state index is 6.49. The first-order valence-electron chi connectivity index (χ1n) is 15.3. The number of fused-ring (bicyclic) bond motifs is 2. The van der Waals surface area contributed by atoms with E-state index in [-0.39, 0.29) is 0 Å². The summed E-state index contributed by atoms with van der Waals surface area (Å²) < 4.78 is 2.17. The lowest BCUT2D eigenvalue weighted by atomic mass is 9.77. The first kappa shape index (κ1) is 26.0. The standard InChI is InChI=1S/C35H34N8/c36-34-33-32(26-8-7-25-9-10-29(40-30(25)22-26)24-5-2-1-3-6-24)41-35(43(33)18-15-39-34)27-20-28(21-27)42-16-11-23(12-17-42)19-31-37-13-4-14-38-31/h1-10,13-15,18,22-23,27-28H,11-12,16-17,19-21H2,(H2,36,39). The molecule has 5 heterocycles. The maximum Gasteiger partial charge on any atom is 0.150 e. The number of benzene rings is 2. The third-order valence-corrected chi connectivity index (χ3v) is 9.38. The molecule has 6 aromatic rings. The van der Waals surface area contributed by atoms with Crippen LogP contribution in [0.3, 0.4) is 0 Å². The molecule has 1 aliphatic carbocycles. The molecule has 0 bridgehead atoms. The highest BCUT2D eigenvalue weighted by atomic mass is 15.2. The van der Waals surface area contributed by atoms with Crippen molar-refractivity contribution in [3.8, 4) is 22.5 Å². The van der Waals surface area contributed by atoms with Gasteiger partial charge in [-0.25, -0.2) is 24.9 Å². The predicted molar refractivity (Wildman–Crippen MR) is 169 cm³/mol. The van der Waals surface area contributed by atoms with Gasteiger partial charge in [0.15, 0.2) is 0 Å². The zero-order valence-electron chi connectivity index (χ0n) is 24.0. The van der Waals surface area contributed by atoms with Crippen LogP contribution in [-0.4, -0.2) is 53.4 Å². The minimum absolute atomic E-state index is 0.395. The Morgan fingerprint density at radius 1 is 0.791 bits per heavy atom. The summed E-state index contributed by atoms with van der Waals surface area (Å²) in [4.78, 5) is 26.2. The van der Waals surface area contributed by atoms with Gasteiger partial charge in [-0.15, -0.1) is 0 Å². The third kappa shape index (κ3) is 4.91. The van der Waals surface area contributed by atoms with Crippen LogP contribution in [0.25, 0.3) is 38.9 Å². The first-order valence-corrected chi connectivity index (χ1v) is 15.3. The summed E-state index contributed by atoms with van der Waals surface area (Å²) in [7, 11) is 0. The van der Waals surface area contributed by atoms with Gasteiger partial charge in [0.1, 0.15) is 28.7 Å². The SMILES string of the molecule is Nc1nccn2c(C3CC(N4CCC(Cc5ncccn5)CC4)C3)nc(-c3ccc4ccc(-c5ccccc5)nc4c3)c12. The Bertz CT molecular complexity index is 1890. The molecule has 8 rings (SSSR count). The number of anilines is 1. The van der Waals surface area contributed by atoms with Crippen molar-refractivity contribution in [2.45, 2.75) is 44.1 Å². The molecule has 0 radical (unpaired) electrons. The van der Waals surface area contributed by atoms with Gasteiger partial charge in [0, 0.05) is 59.7 Å². The molecule has 2 aliphatic rings. The number of likely N-dealkylation sites (tertiary alicyclic amines) is 1. The van der Waals surface area contributed by atoms with Gasteiger partial charge in [-0.05, 0) is 62.9 Å². The van der Waals surface area contributed by atoms with E-state index in [2.05, 4.69) is 66.7 Å². The van der Waals surface area contributed by atoms with Crippen LogP contribution in [0.15, 0.2) is 91.5 Å². The van der Waals surface area contributed by atoms with E-state index in [1.807, 2.05) is 42.9 Å². The second kappa shape index (κ2) is 10.9. The van der Waals surface area contributed by atoms with Crippen molar-refractivity contribution in [3.05, 3.63) is 103 Å². The van der Waals surface area contributed by atoms with Gasteiger partial charge in [0.05, 0.1) is 11.2 Å². The Labute approximate surface area is 250 Å². The molecule has 0 atom stereocenters. The summed E-state index contributed by atoms with van der Waals surface area (Å²) in [6.07, 6.45) is 13.1. The van der Waals surface area contributed by atoms with Crippen molar-refractivity contribution < 1.29 is 0 Å². The van der Waals surface area contributed by atoms with E-state index in [9.17, 15) is 0 Å². The van der Waals surface area contributed by atoms with Gasteiger partial charge < -0.3 is 10.6 Å². The molecule has 1 aliphatic heterocycles. The Kier molecular flexibility index (Phi) is 6.56. The molecule has 8 heteroatoms. The van der Waals surface area contributed by atoms with Gasteiger partial charge in [-0.1, -0.05) is 48.5 Å². The number of nitrogen functional groups attached to an aromatic ring is 1. The van der Waals surface area contributed by atoms with Crippen molar-refractivity contribution in [1.82, 2.24) is 34.2 Å². The van der Waals surface area contributed by atoms with Crippen LogP contribution < -0.4 is 5.73 Å². The lowest BCUT2D eigenvalue weighted by molar-refractivity contribution is 0.0687. The Hall–Kier alpha value is -4.69. The maximum absolute atomic E-state index is 6.49. The number of rotatable bonds is 6. The van der Waals surface area contributed by atoms with Crippen molar-refractivity contribution in [2.75, 3.05) is 18.8 Å². The second-order valence-corrected chi connectivity index (χ2v) is 12.0. The largest absolute Gasteiger partial charge is 0.382 e. The molecule has 4 aromatic heterocycles. The van der Waals surface area contributed by atoms with Gasteiger partial charge in [-0.3, -0.25) is 4.40 Å². The predicted octanol–water partition coefficient (Wildman–Crippen LogP) is 6.18. The second-order valence-electron chi connectivity index (χ2n) is 12.0. The molecule has 0 amide bonds. The van der Waals surface area contributed by atoms with Crippen molar-refractivity contribution in [2.24, 2.45) is 5.92 Å². The average molecular weight is 567 g/mol. The van der Waals surface area contributed by atoms with Crippen LogP contribution in [-0.2, 0) is 6.42 Å². The highest BCUT2D eigenvalue weighted by Crippen LogP contribution is 2.43. The zero-order valence-corrected chi connectivity index (χ0v) is 24.0. The summed E-state index contributed by atoms with van der Waals surface area (Å²) in [6, 6.07) is 23.4. The fourth-order valence-electron chi connectivity index (χ4n) is 6.92. The lowest BCUT2D eigenvalue weighted by Crippen LogP contribution is -2.48. The van der Waals surface area contributed by atoms with E-state index in [0.29, 0.717) is 23.7 Å². The Morgan fingerprint density at radius 3 is 2.40 bits per heavy atom. The van der Waals surface area contributed by atoms with E-state index in [1.165, 1.54) is 12.8 Å². The molecular formula is C35H34N8. The van der Waals surface area contributed by atoms with E-state index in [0.717, 1.165) is 82.9 Å². The topological polar surface area (TPSA) is 98.1 Å². The van der Waals surface area contributed by atoms with Crippen LogP contribution in [0, 0.1) is 5.92 Å². The molecule has 2 N–H and O–H groups in total. The fourth-order valence-corrected chi connectivity index (χ4v) is 6.92. The summed E-state index contributed by atoms with van der Waals surface area (Å²) in [5.41, 5.74) is 12.3. The summed E-state index contributed by atoms with van der Waals surface area (Å²) in [5, 5.41) is 1.10. The van der Waals surface area contributed by atoms with Crippen LogP contribution in [0.2, 0.25) is 0 Å². The van der Waals surface area contributed by atoms with E-state index in [1.54, 1.807) is 6.20 Å². The number of imidazole rings is 1. The lowest BCUT2D eigenvalue weighted by Gasteiger charge is -2.45. The zero-order chi connectivity index (χ0) is 28.8. The van der Waals surface area contributed by atoms with Gasteiger partial charge in [-0.2, -0.15) is 0 Å². The molecule has 43 heavy (non-hydrogen) atoms. The van der Waals surface area contributed by atoms with Crippen molar-refractivity contribution in [3.63, 3.8) is 0 Å². The number of hydrogen-bond donors (Lipinski definition) is 1. The molecule has 1 saturated heterocycles. The molecule has 8 nitrogen and oxygen atoms in total. The quantitative estimate of drug-likeness (QED) is 0.257. The van der Waals surface area contributed by atoms with E-state index >= 15 is 0 Å². The fraction of sp³-hybridized carbons (Fsp3) is 0.286. The highest BCUT2D eigenvalue weighted by molar-refractivity contribution is 5.91. The number of pyridine rings is 1. The van der Waals surface area contributed by atoms with Crippen LogP contribution in [0.4, 0.5) is 5.82 Å². The Balaban J connectivity index is 1.03. The van der Waals surface area contributed by atoms with E-state index < -0.39 is 0 Å². The van der Waals surface area contributed by atoms with Gasteiger partial charge in [0.2, 0.25) is 0 Å². The molecule has 2 aromatic carbocycles. The monoisotopic (exact) mass is 566 g/mol. The van der Waals surface area contributed by atoms with Crippen LogP contribution >= 0.6 is 0 Å². The normalized spacial score (nSPS) is 19.5. The summed E-state index contributed by atoms with van der Waals surface area (Å²) >= 11 is 0. The number of piperidine rings is 1. The number of nitrogens with zero attached hydrogens (tertiary/aromatic N) is 7. The number of aromatic nitrogens is 6. The smallest absolute Gasteiger partial charge is 0.150 e. The molecule has 1 saturated carbocycles. The Morgan fingerprint density at radius 2 is 1.58 bits per heavy atom. The first-order chi connectivity index (χ1) is 21.2. The average Bonchev–Trinajstić information content (AvgIpc) is 3.42. The molecular weight excluding hydrogens is 532 g/mol. The summed E-state index contributed by atoms with van der Waals surface area (Å²) in [6.45, 7) is 2.29. The molecule has 0 unspecified atom stereocenters. The van der Waals surface area contributed by atoms with Gasteiger partial charge >= 0.3 is 0 Å².